The Kier molecular flexibility index (Phi) is 18.3. The molecule has 0 aromatic rings. The van der Waals surface area contributed by atoms with Gasteiger partial charge < -0.3 is 0 Å². The van der Waals surface area contributed by atoms with Crippen LogP contribution >= 0.6 is 21.6 Å². The molecule has 9 heavy (non-hydrogen) atoms. The summed E-state index contributed by atoms with van der Waals surface area (Å²) in [6.45, 7) is 4.44. The third-order valence-corrected chi connectivity index (χ3v) is 3.47. The first-order chi connectivity index (χ1) is 3.91. The van der Waals surface area contributed by atoms with Crippen molar-refractivity contribution in [2.75, 3.05) is 11.5 Å². The molecule has 0 aliphatic rings. The van der Waals surface area contributed by atoms with Gasteiger partial charge in [0.05, 0.1) is 0 Å². The van der Waals surface area contributed by atoms with Crippen LogP contribution in [0.4, 0.5) is 0 Å². The second kappa shape index (κ2) is 12.4. The normalized spacial score (nSPS) is 8.67. The van der Waals surface area contributed by atoms with Gasteiger partial charge in [-0.3, -0.25) is 0 Å². The maximum absolute atomic E-state index is 2.22. The molecule has 0 bridgehead atoms. The van der Waals surface area contributed by atoms with Gasteiger partial charge in [0, 0.05) is 11.5 Å². The summed E-state index contributed by atoms with van der Waals surface area (Å²) < 4.78 is 0. The summed E-state index contributed by atoms with van der Waals surface area (Å²) in [5.74, 6) is 2.62. The molecule has 0 aromatic heterocycles. The van der Waals surface area contributed by atoms with Crippen LogP contribution in [-0.4, -0.2) is 41.1 Å². The van der Waals surface area contributed by atoms with Gasteiger partial charge in [-0.15, -0.1) is 0 Å². The van der Waals surface area contributed by atoms with E-state index in [9.17, 15) is 0 Å². The molecular weight excluding hydrogens is 159 g/mol. The molecule has 52 valence electrons. The standard InChI is InChI=1S/C6H14S2.Na.H/c1-3-5-7-8-6-4-2;;/h3-6H2,1-2H3;;. The van der Waals surface area contributed by atoms with Crippen molar-refractivity contribution < 1.29 is 0 Å². The number of hydrogen-bond acceptors (Lipinski definition) is 2. The fraction of sp³-hybridized carbons (Fsp3) is 1.00. The van der Waals surface area contributed by atoms with E-state index in [1.807, 2.05) is 21.6 Å². The van der Waals surface area contributed by atoms with Gasteiger partial charge in [0.1, 0.15) is 0 Å². The zero-order chi connectivity index (χ0) is 6.24. The average molecular weight is 174 g/mol. The molecule has 0 aromatic carbocycles. The first-order valence-electron chi connectivity index (χ1n) is 3.16. The summed E-state index contributed by atoms with van der Waals surface area (Å²) in [4.78, 5) is 0. The van der Waals surface area contributed by atoms with E-state index in [0.717, 1.165) is 0 Å². The van der Waals surface area contributed by atoms with Crippen molar-refractivity contribution in [3.05, 3.63) is 0 Å². The summed E-state index contributed by atoms with van der Waals surface area (Å²) in [5.41, 5.74) is 0. The van der Waals surface area contributed by atoms with Crippen LogP contribution in [0.25, 0.3) is 0 Å². The minimum absolute atomic E-state index is 0. The topological polar surface area (TPSA) is 0 Å². The van der Waals surface area contributed by atoms with E-state index in [2.05, 4.69) is 13.8 Å². The third-order valence-electron chi connectivity index (χ3n) is 0.658. The van der Waals surface area contributed by atoms with Crippen molar-refractivity contribution >= 4 is 51.1 Å². The summed E-state index contributed by atoms with van der Waals surface area (Å²) >= 11 is 0. The SMILES string of the molecule is CCCSSCCC.[NaH]. The van der Waals surface area contributed by atoms with Crippen molar-refractivity contribution in [2.45, 2.75) is 26.7 Å². The van der Waals surface area contributed by atoms with Crippen LogP contribution in [0.1, 0.15) is 26.7 Å². The fourth-order valence-corrected chi connectivity index (χ4v) is 2.56. The Hall–Kier alpha value is 1.70. The van der Waals surface area contributed by atoms with E-state index in [4.69, 9.17) is 0 Å². The predicted molar refractivity (Wildman–Crippen MR) is 52.6 cm³/mol. The maximum atomic E-state index is 2.22. The Balaban J connectivity index is 0. The molecule has 0 rings (SSSR count). The van der Waals surface area contributed by atoms with E-state index in [1.165, 1.54) is 24.3 Å². The van der Waals surface area contributed by atoms with Gasteiger partial charge in [0.15, 0.2) is 0 Å². The Morgan fingerprint density at radius 1 is 0.889 bits per heavy atom. The molecule has 0 saturated carbocycles. The molecule has 0 aliphatic carbocycles. The van der Waals surface area contributed by atoms with Crippen molar-refractivity contribution in [1.82, 2.24) is 0 Å². The first-order valence-corrected chi connectivity index (χ1v) is 5.65. The fourth-order valence-electron chi connectivity index (χ4n) is 0.285. The van der Waals surface area contributed by atoms with E-state index < -0.39 is 0 Å². The van der Waals surface area contributed by atoms with Crippen LogP contribution in [0.15, 0.2) is 0 Å². The molecule has 0 atom stereocenters. The Labute approximate surface area is 88.6 Å². The summed E-state index contributed by atoms with van der Waals surface area (Å²) in [5, 5.41) is 0. The first kappa shape index (κ1) is 13.3. The van der Waals surface area contributed by atoms with Gasteiger partial charge in [0.25, 0.3) is 0 Å². The van der Waals surface area contributed by atoms with Gasteiger partial charge in [-0.1, -0.05) is 35.4 Å². The van der Waals surface area contributed by atoms with Gasteiger partial charge in [-0.25, -0.2) is 0 Å². The zero-order valence-electron chi connectivity index (χ0n) is 5.64. The number of rotatable bonds is 5. The molecule has 3 heteroatoms. The van der Waals surface area contributed by atoms with Crippen molar-refractivity contribution in [3.63, 3.8) is 0 Å². The molecule has 0 heterocycles. The van der Waals surface area contributed by atoms with E-state index in [-0.39, 0.29) is 29.6 Å². The van der Waals surface area contributed by atoms with Crippen LogP contribution in [0.3, 0.4) is 0 Å². The third kappa shape index (κ3) is 12.8. The molecular formula is C6H15NaS2. The Morgan fingerprint density at radius 3 is 1.44 bits per heavy atom. The summed E-state index contributed by atoms with van der Waals surface area (Å²) in [6.07, 6.45) is 2.61. The van der Waals surface area contributed by atoms with Crippen molar-refractivity contribution in [3.8, 4) is 0 Å². The van der Waals surface area contributed by atoms with Gasteiger partial charge >= 0.3 is 29.6 Å². The Bertz CT molecular complexity index is 36.0. The quantitative estimate of drug-likeness (QED) is 0.357. The van der Waals surface area contributed by atoms with Gasteiger partial charge in [0.2, 0.25) is 0 Å². The molecule has 0 saturated heterocycles. The minimum atomic E-state index is 0. The van der Waals surface area contributed by atoms with E-state index in [1.54, 1.807) is 0 Å². The van der Waals surface area contributed by atoms with Crippen molar-refractivity contribution in [1.29, 1.82) is 0 Å². The van der Waals surface area contributed by atoms with Crippen LogP contribution in [0, 0.1) is 0 Å². The van der Waals surface area contributed by atoms with Gasteiger partial charge in [-0.05, 0) is 12.8 Å². The van der Waals surface area contributed by atoms with E-state index >= 15 is 0 Å². The van der Waals surface area contributed by atoms with E-state index in [0.29, 0.717) is 0 Å². The second-order valence-corrected chi connectivity index (χ2v) is 4.35. The monoisotopic (exact) mass is 174 g/mol. The summed E-state index contributed by atoms with van der Waals surface area (Å²) in [7, 11) is 3.99. The summed E-state index contributed by atoms with van der Waals surface area (Å²) in [6, 6.07) is 0. The molecule has 0 spiro atoms. The molecule has 0 aliphatic heterocycles. The van der Waals surface area contributed by atoms with Gasteiger partial charge in [-0.2, -0.15) is 0 Å². The van der Waals surface area contributed by atoms with Crippen LogP contribution in [0.2, 0.25) is 0 Å². The predicted octanol–water partition coefficient (Wildman–Crippen LogP) is 2.54. The average Bonchev–Trinajstić information content (AvgIpc) is 1.81. The molecule has 0 radical (unpaired) electrons. The van der Waals surface area contributed by atoms with Crippen molar-refractivity contribution in [2.24, 2.45) is 0 Å². The number of hydrogen-bond donors (Lipinski definition) is 0. The molecule has 0 fully saturated rings. The zero-order valence-corrected chi connectivity index (χ0v) is 7.28. The Morgan fingerprint density at radius 2 is 1.22 bits per heavy atom. The second-order valence-electron chi connectivity index (χ2n) is 1.64. The molecule has 0 nitrogen and oxygen atoms in total. The van der Waals surface area contributed by atoms with Crippen LogP contribution < -0.4 is 0 Å². The van der Waals surface area contributed by atoms with Crippen LogP contribution in [-0.2, 0) is 0 Å². The molecule has 0 N–H and O–H groups in total. The molecule has 0 amide bonds. The van der Waals surface area contributed by atoms with Crippen LogP contribution in [0.5, 0.6) is 0 Å². The molecule has 0 unspecified atom stereocenters.